The molecule has 1 heterocycles. The van der Waals surface area contributed by atoms with Crippen LogP contribution >= 0.6 is 11.6 Å². The fraction of sp³-hybridized carbons (Fsp3) is 0.529. The Balaban J connectivity index is 1.45. The van der Waals surface area contributed by atoms with Crippen molar-refractivity contribution in [1.29, 1.82) is 0 Å². The third-order valence-electron chi connectivity index (χ3n) is 4.70. The number of amides is 3. The number of anilines is 1. The van der Waals surface area contributed by atoms with Gasteiger partial charge in [-0.3, -0.25) is 4.79 Å². The van der Waals surface area contributed by atoms with Gasteiger partial charge in [0.2, 0.25) is 5.91 Å². The fourth-order valence-electron chi connectivity index (χ4n) is 2.97. The molecule has 1 aromatic carbocycles. The van der Waals surface area contributed by atoms with Crippen LogP contribution in [-0.4, -0.2) is 47.9 Å². The van der Waals surface area contributed by atoms with E-state index in [9.17, 15) is 9.59 Å². The van der Waals surface area contributed by atoms with E-state index in [2.05, 4.69) is 5.32 Å². The first-order valence-corrected chi connectivity index (χ1v) is 8.59. The number of nitrogens with one attached hydrogen (secondary N) is 1. The molecule has 2 fully saturated rings. The van der Waals surface area contributed by atoms with E-state index in [1.807, 2.05) is 4.90 Å². The van der Waals surface area contributed by atoms with Crippen molar-refractivity contribution in [2.75, 3.05) is 31.5 Å². The fourth-order valence-corrected chi connectivity index (χ4v) is 3.09. The third-order valence-corrected chi connectivity index (χ3v) is 4.96. The maximum atomic E-state index is 12.2. The van der Waals surface area contributed by atoms with Gasteiger partial charge in [-0.25, -0.2) is 4.79 Å². The Morgan fingerprint density at radius 2 is 1.65 bits per heavy atom. The molecule has 0 unspecified atom stereocenters. The van der Waals surface area contributed by atoms with Crippen LogP contribution in [0.5, 0.6) is 0 Å². The zero-order chi connectivity index (χ0) is 16.2. The zero-order valence-electron chi connectivity index (χ0n) is 13.1. The van der Waals surface area contributed by atoms with Gasteiger partial charge in [-0.15, -0.1) is 0 Å². The molecule has 0 atom stereocenters. The molecule has 1 aliphatic heterocycles. The summed E-state index contributed by atoms with van der Waals surface area (Å²) in [5, 5.41) is 3.50. The Morgan fingerprint density at radius 1 is 1.04 bits per heavy atom. The van der Waals surface area contributed by atoms with Crippen LogP contribution in [0.1, 0.15) is 25.7 Å². The van der Waals surface area contributed by atoms with Gasteiger partial charge in [-0.05, 0) is 43.0 Å². The molecular weight excluding hydrogens is 314 g/mol. The van der Waals surface area contributed by atoms with Crippen LogP contribution in [0, 0.1) is 5.92 Å². The molecule has 0 aromatic heterocycles. The van der Waals surface area contributed by atoms with Gasteiger partial charge in [-0.2, -0.15) is 0 Å². The smallest absolute Gasteiger partial charge is 0.321 e. The molecule has 1 saturated heterocycles. The minimum absolute atomic E-state index is 0.126. The molecule has 2 aliphatic rings. The number of piperazine rings is 1. The SMILES string of the molecule is O=C(CC1CCC1)N1CCN(C(=O)Nc2ccc(Cl)cc2)CC1. The first-order valence-electron chi connectivity index (χ1n) is 8.21. The van der Waals surface area contributed by atoms with Gasteiger partial charge in [0, 0.05) is 43.3 Å². The normalized spacial score (nSPS) is 18.5. The van der Waals surface area contributed by atoms with E-state index < -0.39 is 0 Å². The Morgan fingerprint density at radius 3 is 2.22 bits per heavy atom. The predicted molar refractivity (Wildman–Crippen MR) is 90.6 cm³/mol. The number of benzene rings is 1. The van der Waals surface area contributed by atoms with Gasteiger partial charge in [-0.1, -0.05) is 18.0 Å². The van der Waals surface area contributed by atoms with Crippen LogP contribution < -0.4 is 5.32 Å². The molecule has 6 heteroatoms. The molecule has 1 aromatic rings. The van der Waals surface area contributed by atoms with Gasteiger partial charge in [0.25, 0.3) is 0 Å². The van der Waals surface area contributed by atoms with E-state index in [4.69, 9.17) is 11.6 Å². The lowest BCUT2D eigenvalue weighted by Crippen LogP contribution is -2.52. The second-order valence-corrected chi connectivity index (χ2v) is 6.74. The average molecular weight is 336 g/mol. The van der Waals surface area contributed by atoms with Crippen molar-refractivity contribution in [3.05, 3.63) is 29.3 Å². The molecule has 0 spiro atoms. The topological polar surface area (TPSA) is 52.7 Å². The first kappa shape index (κ1) is 16.1. The minimum Gasteiger partial charge on any atom is -0.339 e. The number of carbonyl (C=O) groups is 2. The first-order chi connectivity index (χ1) is 11.1. The van der Waals surface area contributed by atoms with Crippen LogP contribution in [0.4, 0.5) is 10.5 Å². The van der Waals surface area contributed by atoms with E-state index in [-0.39, 0.29) is 11.9 Å². The van der Waals surface area contributed by atoms with Crippen LogP contribution in [0.25, 0.3) is 0 Å². The molecule has 3 rings (SSSR count). The standard InChI is InChI=1S/C17H22ClN3O2/c18-14-4-6-15(7-5-14)19-17(23)21-10-8-20(9-11-21)16(22)12-13-2-1-3-13/h4-7,13H,1-3,8-12H2,(H,19,23). The van der Waals surface area contributed by atoms with Crippen LogP contribution in [0.15, 0.2) is 24.3 Å². The Bertz CT molecular complexity index is 564. The highest BCUT2D eigenvalue weighted by atomic mass is 35.5. The predicted octanol–water partition coefficient (Wildman–Crippen LogP) is 3.21. The van der Waals surface area contributed by atoms with Crippen LogP contribution in [-0.2, 0) is 4.79 Å². The molecule has 124 valence electrons. The van der Waals surface area contributed by atoms with E-state index in [0.717, 1.165) is 5.69 Å². The summed E-state index contributed by atoms with van der Waals surface area (Å²) in [4.78, 5) is 28.1. The quantitative estimate of drug-likeness (QED) is 0.922. The number of hydrogen-bond donors (Lipinski definition) is 1. The van der Waals surface area contributed by atoms with Gasteiger partial charge in [0.15, 0.2) is 0 Å². The molecular formula is C17H22ClN3O2. The monoisotopic (exact) mass is 335 g/mol. The van der Waals surface area contributed by atoms with Crippen LogP contribution in [0.3, 0.4) is 0 Å². The lowest BCUT2D eigenvalue weighted by molar-refractivity contribution is -0.134. The van der Waals surface area contributed by atoms with Crippen molar-refractivity contribution in [2.45, 2.75) is 25.7 Å². The van der Waals surface area contributed by atoms with Gasteiger partial charge in [0.05, 0.1) is 0 Å². The minimum atomic E-state index is -0.126. The Kier molecular flexibility index (Phi) is 5.06. The van der Waals surface area contributed by atoms with Crippen molar-refractivity contribution in [3.8, 4) is 0 Å². The highest BCUT2D eigenvalue weighted by Crippen LogP contribution is 2.30. The lowest BCUT2D eigenvalue weighted by Gasteiger charge is -2.36. The lowest BCUT2D eigenvalue weighted by atomic mass is 9.82. The summed E-state index contributed by atoms with van der Waals surface area (Å²) in [6.07, 6.45) is 4.32. The van der Waals surface area contributed by atoms with Crippen molar-refractivity contribution in [1.82, 2.24) is 9.80 Å². The second-order valence-electron chi connectivity index (χ2n) is 6.31. The van der Waals surface area contributed by atoms with E-state index in [0.29, 0.717) is 43.5 Å². The Hall–Kier alpha value is -1.75. The van der Waals surface area contributed by atoms with Crippen molar-refractivity contribution >= 4 is 29.2 Å². The Labute approximate surface area is 141 Å². The van der Waals surface area contributed by atoms with Gasteiger partial charge in [0.1, 0.15) is 0 Å². The summed E-state index contributed by atoms with van der Waals surface area (Å²) >= 11 is 5.83. The molecule has 0 bridgehead atoms. The molecule has 0 radical (unpaired) electrons. The third kappa shape index (κ3) is 4.16. The molecule has 23 heavy (non-hydrogen) atoms. The largest absolute Gasteiger partial charge is 0.339 e. The zero-order valence-corrected chi connectivity index (χ0v) is 13.9. The maximum absolute atomic E-state index is 12.2. The summed E-state index contributed by atoms with van der Waals surface area (Å²) in [5.41, 5.74) is 0.725. The van der Waals surface area contributed by atoms with Crippen LogP contribution in [0.2, 0.25) is 5.02 Å². The number of halogens is 1. The van der Waals surface area contributed by atoms with Crippen molar-refractivity contribution in [2.24, 2.45) is 5.92 Å². The van der Waals surface area contributed by atoms with E-state index in [1.165, 1.54) is 19.3 Å². The molecule has 1 aliphatic carbocycles. The molecule has 1 saturated carbocycles. The summed E-state index contributed by atoms with van der Waals surface area (Å²) < 4.78 is 0. The van der Waals surface area contributed by atoms with Crippen molar-refractivity contribution in [3.63, 3.8) is 0 Å². The molecule has 1 N–H and O–H groups in total. The van der Waals surface area contributed by atoms with E-state index in [1.54, 1.807) is 29.2 Å². The van der Waals surface area contributed by atoms with Crippen molar-refractivity contribution < 1.29 is 9.59 Å². The number of nitrogens with zero attached hydrogens (tertiary/aromatic N) is 2. The molecule has 3 amide bonds. The number of rotatable bonds is 3. The highest BCUT2D eigenvalue weighted by molar-refractivity contribution is 6.30. The molecule has 5 nitrogen and oxygen atoms in total. The second kappa shape index (κ2) is 7.21. The van der Waals surface area contributed by atoms with Gasteiger partial charge >= 0.3 is 6.03 Å². The summed E-state index contributed by atoms with van der Waals surface area (Å²) in [5.74, 6) is 0.834. The summed E-state index contributed by atoms with van der Waals surface area (Å²) in [6.45, 7) is 2.41. The van der Waals surface area contributed by atoms with E-state index >= 15 is 0 Å². The number of hydrogen-bond acceptors (Lipinski definition) is 2. The summed E-state index contributed by atoms with van der Waals surface area (Å²) in [6, 6.07) is 6.91. The van der Waals surface area contributed by atoms with Gasteiger partial charge < -0.3 is 15.1 Å². The number of carbonyl (C=O) groups excluding carboxylic acids is 2. The highest BCUT2D eigenvalue weighted by Gasteiger charge is 2.27. The number of urea groups is 1. The average Bonchev–Trinajstić information content (AvgIpc) is 2.53. The summed E-state index contributed by atoms with van der Waals surface area (Å²) in [7, 11) is 0. The maximum Gasteiger partial charge on any atom is 0.321 e.